The van der Waals surface area contributed by atoms with Gasteiger partial charge >= 0.3 is 0 Å². The second kappa shape index (κ2) is 6.34. The molecule has 2 heterocycles. The second-order valence-electron chi connectivity index (χ2n) is 4.67. The van der Waals surface area contributed by atoms with Crippen LogP contribution in [-0.2, 0) is 0 Å². The molecule has 1 aliphatic heterocycles. The summed E-state index contributed by atoms with van der Waals surface area (Å²) in [5, 5.41) is 8.69. The van der Waals surface area contributed by atoms with Crippen LogP contribution in [-0.4, -0.2) is 61.2 Å². The van der Waals surface area contributed by atoms with Crippen LogP contribution in [0.25, 0.3) is 0 Å². The summed E-state index contributed by atoms with van der Waals surface area (Å²) in [6.07, 6.45) is 1.62. The molecule has 0 radical (unpaired) electrons. The first kappa shape index (κ1) is 13.6. The van der Waals surface area contributed by atoms with Gasteiger partial charge in [0, 0.05) is 45.8 Å². The smallest absolute Gasteiger partial charge is 0.134 e. The average molecular weight is 260 g/mol. The maximum atomic E-state index is 8.69. The molecule has 2 rings (SSSR count). The summed E-state index contributed by atoms with van der Waals surface area (Å²) in [6.45, 7) is 7.19. The molecular weight excluding hydrogens is 240 g/mol. The van der Waals surface area contributed by atoms with Crippen molar-refractivity contribution in [2.45, 2.75) is 6.92 Å². The lowest BCUT2D eigenvalue weighted by Gasteiger charge is -2.34. The van der Waals surface area contributed by atoms with Crippen molar-refractivity contribution in [3.8, 4) is 6.07 Å². The predicted molar refractivity (Wildman–Crippen MR) is 75.2 cm³/mol. The van der Waals surface area contributed by atoms with Crippen molar-refractivity contribution in [2.24, 2.45) is 0 Å². The van der Waals surface area contributed by atoms with E-state index in [-0.39, 0.29) is 0 Å². The zero-order chi connectivity index (χ0) is 13.7. The molecule has 1 saturated heterocycles. The van der Waals surface area contributed by atoms with Gasteiger partial charge in [-0.05, 0) is 6.92 Å². The summed E-state index contributed by atoms with van der Waals surface area (Å²) >= 11 is 0. The molecule has 102 valence electrons. The Morgan fingerprint density at radius 3 is 2.68 bits per heavy atom. The van der Waals surface area contributed by atoms with Gasteiger partial charge in [0.05, 0.1) is 12.6 Å². The van der Waals surface area contributed by atoms with Crippen LogP contribution in [0, 0.1) is 11.3 Å². The molecule has 0 amide bonds. The molecule has 6 nitrogen and oxygen atoms in total. The van der Waals surface area contributed by atoms with Crippen molar-refractivity contribution in [1.82, 2.24) is 14.9 Å². The lowest BCUT2D eigenvalue weighted by Crippen LogP contribution is -2.46. The van der Waals surface area contributed by atoms with E-state index in [2.05, 4.69) is 37.7 Å². The van der Waals surface area contributed by atoms with Gasteiger partial charge in [-0.25, -0.2) is 9.97 Å². The van der Waals surface area contributed by atoms with E-state index in [1.54, 1.807) is 6.33 Å². The van der Waals surface area contributed by atoms with Gasteiger partial charge in [-0.15, -0.1) is 0 Å². The van der Waals surface area contributed by atoms with Gasteiger partial charge in [-0.3, -0.25) is 4.90 Å². The maximum absolute atomic E-state index is 8.69. The number of anilines is 2. The molecule has 0 spiro atoms. The van der Waals surface area contributed by atoms with Gasteiger partial charge in [0.1, 0.15) is 18.0 Å². The first-order valence-electron chi connectivity index (χ1n) is 6.62. The van der Waals surface area contributed by atoms with E-state index in [0.29, 0.717) is 6.54 Å². The molecule has 19 heavy (non-hydrogen) atoms. The Kier molecular flexibility index (Phi) is 4.53. The Morgan fingerprint density at radius 1 is 1.32 bits per heavy atom. The quantitative estimate of drug-likeness (QED) is 0.738. The number of piperazine rings is 1. The van der Waals surface area contributed by atoms with E-state index >= 15 is 0 Å². The molecule has 0 aromatic carbocycles. The Morgan fingerprint density at radius 2 is 2.05 bits per heavy atom. The molecule has 0 bridgehead atoms. The predicted octanol–water partition coefficient (Wildman–Crippen LogP) is 0.578. The molecule has 0 N–H and O–H groups in total. The molecular formula is C13H20N6. The summed E-state index contributed by atoms with van der Waals surface area (Å²) in [6, 6.07) is 4.23. The Balaban J connectivity index is 2.01. The summed E-state index contributed by atoms with van der Waals surface area (Å²) in [4.78, 5) is 15.1. The lowest BCUT2D eigenvalue weighted by molar-refractivity contribution is 0.286. The molecule has 1 aliphatic rings. The standard InChI is InChI=1S/C13H20N6/c1-3-17(2)12-10-13(16-11-15-12)19-8-6-18(5-4-14)7-9-19/h10-11H,3,5-9H2,1-2H3. The Labute approximate surface area is 114 Å². The summed E-state index contributed by atoms with van der Waals surface area (Å²) in [7, 11) is 2.02. The van der Waals surface area contributed by atoms with Crippen molar-refractivity contribution >= 4 is 11.6 Å². The average Bonchev–Trinajstić information content (AvgIpc) is 2.48. The van der Waals surface area contributed by atoms with E-state index in [4.69, 9.17) is 5.26 Å². The third kappa shape index (κ3) is 3.32. The molecule has 0 atom stereocenters. The first-order valence-corrected chi connectivity index (χ1v) is 6.62. The second-order valence-corrected chi connectivity index (χ2v) is 4.67. The molecule has 1 aromatic rings. The summed E-state index contributed by atoms with van der Waals surface area (Å²) < 4.78 is 0. The van der Waals surface area contributed by atoms with Gasteiger partial charge in [-0.2, -0.15) is 5.26 Å². The molecule has 0 saturated carbocycles. The van der Waals surface area contributed by atoms with Crippen molar-refractivity contribution in [3.63, 3.8) is 0 Å². The maximum Gasteiger partial charge on any atom is 0.134 e. The lowest BCUT2D eigenvalue weighted by atomic mass is 10.3. The molecule has 0 unspecified atom stereocenters. The van der Waals surface area contributed by atoms with Crippen LogP contribution in [0.2, 0.25) is 0 Å². The van der Waals surface area contributed by atoms with Gasteiger partial charge in [0.25, 0.3) is 0 Å². The highest BCUT2D eigenvalue weighted by atomic mass is 15.3. The molecule has 1 fully saturated rings. The van der Waals surface area contributed by atoms with Crippen molar-refractivity contribution < 1.29 is 0 Å². The highest BCUT2D eigenvalue weighted by Gasteiger charge is 2.18. The van der Waals surface area contributed by atoms with Crippen LogP contribution >= 0.6 is 0 Å². The zero-order valence-corrected chi connectivity index (χ0v) is 11.6. The van der Waals surface area contributed by atoms with E-state index in [1.165, 1.54) is 0 Å². The van der Waals surface area contributed by atoms with E-state index in [9.17, 15) is 0 Å². The summed E-state index contributed by atoms with van der Waals surface area (Å²) in [5.41, 5.74) is 0. The highest BCUT2D eigenvalue weighted by molar-refractivity contribution is 5.49. The van der Waals surface area contributed by atoms with Crippen LogP contribution in [0.15, 0.2) is 12.4 Å². The number of rotatable bonds is 4. The third-order valence-electron chi connectivity index (χ3n) is 3.49. The van der Waals surface area contributed by atoms with Crippen LogP contribution in [0.5, 0.6) is 0 Å². The van der Waals surface area contributed by atoms with Crippen molar-refractivity contribution in [1.29, 1.82) is 5.26 Å². The topological polar surface area (TPSA) is 59.3 Å². The van der Waals surface area contributed by atoms with Crippen LogP contribution < -0.4 is 9.80 Å². The van der Waals surface area contributed by atoms with Crippen LogP contribution in [0.3, 0.4) is 0 Å². The van der Waals surface area contributed by atoms with Crippen LogP contribution in [0.4, 0.5) is 11.6 Å². The highest BCUT2D eigenvalue weighted by Crippen LogP contribution is 2.17. The number of aromatic nitrogens is 2. The third-order valence-corrected chi connectivity index (χ3v) is 3.49. The Bertz CT molecular complexity index is 447. The normalized spacial score (nSPS) is 16.2. The van der Waals surface area contributed by atoms with Gasteiger partial charge < -0.3 is 9.80 Å². The number of hydrogen-bond acceptors (Lipinski definition) is 6. The minimum Gasteiger partial charge on any atom is -0.360 e. The minimum atomic E-state index is 0.515. The Hall–Kier alpha value is -1.87. The van der Waals surface area contributed by atoms with E-state index in [0.717, 1.165) is 44.4 Å². The largest absolute Gasteiger partial charge is 0.360 e. The fraction of sp³-hybridized carbons (Fsp3) is 0.615. The van der Waals surface area contributed by atoms with E-state index < -0.39 is 0 Å². The SMILES string of the molecule is CCN(C)c1cc(N2CCN(CC#N)CC2)ncn1. The number of hydrogen-bond donors (Lipinski definition) is 0. The van der Waals surface area contributed by atoms with E-state index in [1.807, 2.05) is 13.1 Å². The first-order chi connectivity index (χ1) is 9.24. The fourth-order valence-electron chi connectivity index (χ4n) is 2.12. The fourth-order valence-corrected chi connectivity index (χ4v) is 2.12. The minimum absolute atomic E-state index is 0.515. The van der Waals surface area contributed by atoms with Crippen LogP contribution in [0.1, 0.15) is 6.92 Å². The van der Waals surface area contributed by atoms with Gasteiger partial charge in [0.2, 0.25) is 0 Å². The number of nitriles is 1. The van der Waals surface area contributed by atoms with Crippen molar-refractivity contribution in [2.75, 3.05) is 56.1 Å². The van der Waals surface area contributed by atoms with Gasteiger partial charge in [-0.1, -0.05) is 0 Å². The zero-order valence-electron chi connectivity index (χ0n) is 11.6. The molecule has 1 aromatic heterocycles. The van der Waals surface area contributed by atoms with Gasteiger partial charge in [0.15, 0.2) is 0 Å². The monoisotopic (exact) mass is 260 g/mol. The van der Waals surface area contributed by atoms with Crippen molar-refractivity contribution in [3.05, 3.63) is 12.4 Å². The number of nitrogens with zero attached hydrogens (tertiary/aromatic N) is 6. The molecule has 6 heteroatoms. The summed E-state index contributed by atoms with van der Waals surface area (Å²) in [5.74, 6) is 1.92. The molecule has 0 aliphatic carbocycles.